The summed E-state index contributed by atoms with van der Waals surface area (Å²) < 4.78 is 0. The molecule has 1 aromatic rings. The molecule has 1 N–H and O–H groups in total. The fourth-order valence-corrected chi connectivity index (χ4v) is 2.55. The number of hydrogen-bond donors (Lipinski definition) is 1. The van der Waals surface area contributed by atoms with Crippen molar-refractivity contribution in [3.05, 3.63) is 42.5 Å². The third-order valence-corrected chi connectivity index (χ3v) is 4.02. The minimum Gasteiger partial charge on any atom is -0.310 e. The normalized spacial score (nSPS) is 14.8. The molecule has 0 spiro atoms. The molecule has 1 aliphatic rings. The highest BCUT2D eigenvalue weighted by Gasteiger charge is 2.19. The maximum atomic E-state index is 3.74. The molecule has 0 aliphatic heterocycles. The number of benzene rings is 1. The van der Waals surface area contributed by atoms with Crippen LogP contribution in [0.3, 0.4) is 0 Å². The standard InChI is InChI=1S/C15H21NS/c1-2-3-4-11-17-15-9-5-13(6-10-15)12-16-14-7-8-14/h2,5-6,9-10,14,16H,1,3-4,7-8,11-12H2. The number of unbranched alkanes of at least 4 members (excludes halogenated alkanes) is 1. The second-order valence-corrected chi connectivity index (χ2v) is 5.75. The van der Waals surface area contributed by atoms with Crippen LogP contribution in [0.2, 0.25) is 0 Å². The molecular formula is C15H21NS. The second kappa shape index (κ2) is 6.87. The van der Waals surface area contributed by atoms with Gasteiger partial charge in [0.25, 0.3) is 0 Å². The Morgan fingerprint density at radius 1 is 1.29 bits per heavy atom. The lowest BCUT2D eigenvalue weighted by molar-refractivity contribution is 0.687. The van der Waals surface area contributed by atoms with Crippen molar-refractivity contribution in [2.24, 2.45) is 0 Å². The molecule has 0 saturated heterocycles. The van der Waals surface area contributed by atoms with Crippen molar-refractivity contribution >= 4 is 11.8 Å². The smallest absolute Gasteiger partial charge is 0.0208 e. The molecule has 2 rings (SSSR count). The van der Waals surface area contributed by atoms with Crippen molar-refractivity contribution in [1.82, 2.24) is 5.32 Å². The number of thioether (sulfide) groups is 1. The van der Waals surface area contributed by atoms with Crippen LogP contribution in [-0.2, 0) is 6.54 Å². The predicted octanol–water partition coefficient (Wildman–Crippen LogP) is 4.00. The summed E-state index contributed by atoms with van der Waals surface area (Å²) in [6.07, 6.45) is 7.05. The third-order valence-electron chi connectivity index (χ3n) is 2.92. The van der Waals surface area contributed by atoms with Gasteiger partial charge in [0.2, 0.25) is 0 Å². The van der Waals surface area contributed by atoms with E-state index in [1.807, 2.05) is 17.8 Å². The zero-order valence-electron chi connectivity index (χ0n) is 10.3. The van der Waals surface area contributed by atoms with E-state index in [2.05, 4.69) is 36.2 Å². The molecule has 0 radical (unpaired) electrons. The van der Waals surface area contributed by atoms with Gasteiger partial charge in [-0.3, -0.25) is 0 Å². The topological polar surface area (TPSA) is 12.0 Å². The van der Waals surface area contributed by atoms with E-state index in [1.54, 1.807) is 0 Å². The zero-order chi connectivity index (χ0) is 11.9. The maximum absolute atomic E-state index is 3.74. The molecule has 0 amide bonds. The van der Waals surface area contributed by atoms with Crippen molar-refractivity contribution < 1.29 is 0 Å². The van der Waals surface area contributed by atoms with E-state index < -0.39 is 0 Å². The first-order valence-corrected chi connectivity index (χ1v) is 7.43. The van der Waals surface area contributed by atoms with Crippen LogP contribution >= 0.6 is 11.8 Å². The Labute approximate surface area is 109 Å². The van der Waals surface area contributed by atoms with Gasteiger partial charge >= 0.3 is 0 Å². The van der Waals surface area contributed by atoms with Crippen molar-refractivity contribution in [3.63, 3.8) is 0 Å². The van der Waals surface area contributed by atoms with Crippen LogP contribution in [0.25, 0.3) is 0 Å². The lowest BCUT2D eigenvalue weighted by Gasteiger charge is -2.05. The highest BCUT2D eigenvalue weighted by molar-refractivity contribution is 7.99. The van der Waals surface area contributed by atoms with Crippen molar-refractivity contribution in [2.75, 3.05) is 5.75 Å². The number of rotatable bonds is 8. The van der Waals surface area contributed by atoms with Crippen LogP contribution in [0.4, 0.5) is 0 Å². The Hall–Kier alpha value is -0.730. The van der Waals surface area contributed by atoms with Crippen molar-refractivity contribution in [3.8, 4) is 0 Å². The summed E-state index contributed by atoms with van der Waals surface area (Å²) in [7, 11) is 0. The Balaban J connectivity index is 1.70. The highest BCUT2D eigenvalue weighted by Crippen LogP contribution is 2.21. The van der Waals surface area contributed by atoms with Crippen molar-refractivity contribution in [1.29, 1.82) is 0 Å². The van der Waals surface area contributed by atoms with Gasteiger partial charge in [0.1, 0.15) is 0 Å². The SMILES string of the molecule is C=CCCCSc1ccc(CNC2CC2)cc1. The van der Waals surface area contributed by atoms with Crippen LogP contribution in [0.5, 0.6) is 0 Å². The molecule has 0 atom stereocenters. The van der Waals surface area contributed by atoms with Gasteiger partial charge in [0.05, 0.1) is 0 Å². The summed E-state index contributed by atoms with van der Waals surface area (Å²) in [4.78, 5) is 1.38. The third kappa shape index (κ3) is 4.97. The summed E-state index contributed by atoms with van der Waals surface area (Å²) >= 11 is 1.94. The van der Waals surface area contributed by atoms with Crippen LogP contribution in [-0.4, -0.2) is 11.8 Å². The van der Waals surface area contributed by atoms with E-state index in [1.165, 1.54) is 35.5 Å². The molecule has 0 heterocycles. The Morgan fingerprint density at radius 2 is 2.06 bits per heavy atom. The van der Waals surface area contributed by atoms with Crippen LogP contribution in [0.15, 0.2) is 41.8 Å². The molecule has 0 aromatic heterocycles. The van der Waals surface area contributed by atoms with E-state index in [0.717, 1.165) is 19.0 Å². The first-order valence-electron chi connectivity index (χ1n) is 6.44. The molecule has 2 heteroatoms. The molecule has 92 valence electrons. The minimum atomic E-state index is 0.794. The molecule has 0 unspecified atom stereocenters. The lowest BCUT2D eigenvalue weighted by atomic mass is 10.2. The summed E-state index contributed by atoms with van der Waals surface area (Å²) in [6, 6.07) is 9.75. The quantitative estimate of drug-likeness (QED) is 0.423. The second-order valence-electron chi connectivity index (χ2n) is 4.58. The average Bonchev–Trinajstić information content (AvgIpc) is 3.18. The van der Waals surface area contributed by atoms with Gasteiger partial charge in [0, 0.05) is 17.5 Å². The van der Waals surface area contributed by atoms with E-state index in [9.17, 15) is 0 Å². The first-order chi connectivity index (χ1) is 8.38. The Morgan fingerprint density at radius 3 is 2.71 bits per heavy atom. The highest BCUT2D eigenvalue weighted by atomic mass is 32.2. The maximum Gasteiger partial charge on any atom is 0.0208 e. The average molecular weight is 247 g/mol. The van der Waals surface area contributed by atoms with Crippen molar-refractivity contribution in [2.45, 2.75) is 43.2 Å². The number of nitrogens with one attached hydrogen (secondary N) is 1. The monoisotopic (exact) mass is 247 g/mol. The van der Waals surface area contributed by atoms with Gasteiger partial charge in [-0.1, -0.05) is 18.2 Å². The van der Waals surface area contributed by atoms with E-state index in [0.29, 0.717) is 0 Å². The fraction of sp³-hybridized carbons (Fsp3) is 0.467. The Bertz CT molecular complexity index is 340. The number of allylic oxidation sites excluding steroid dienone is 1. The molecule has 1 saturated carbocycles. The fourth-order valence-electron chi connectivity index (χ4n) is 1.67. The molecule has 1 aliphatic carbocycles. The predicted molar refractivity (Wildman–Crippen MR) is 76.5 cm³/mol. The zero-order valence-corrected chi connectivity index (χ0v) is 11.1. The van der Waals surface area contributed by atoms with Gasteiger partial charge in [-0.05, 0) is 49.1 Å². The van der Waals surface area contributed by atoms with E-state index in [-0.39, 0.29) is 0 Å². The summed E-state index contributed by atoms with van der Waals surface area (Å²) in [6.45, 7) is 4.76. The molecule has 0 bridgehead atoms. The summed E-state index contributed by atoms with van der Waals surface area (Å²) in [5, 5.41) is 3.53. The van der Waals surface area contributed by atoms with Gasteiger partial charge in [0.15, 0.2) is 0 Å². The van der Waals surface area contributed by atoms with E-state index >= 15 is 0 Å². The Kier molecular flexibility index (Phi) is 5.14. The van der Waals surface area contributed by atoms with Gasteiger partial charge < -0.3 is 5.32 Å². The number of hydrogen-bond acceptors (Lipinski definition) is 2. The van der Waals surface area contributed by atoms with Crippen LogP contribution < -0.4 is 5.32 Å². The first kappa shape index (κ1) is 12.7. The van der Waals surface area contributed by atoms with Gasteiger partial charge in [-0.15, -0.1) is 18.3 Å². The molecular weight excluding hydrogens is 226 g/mol. The van der Waals surface area contributed by atoms with Crippen LogP contribution in [0, 0.1) is 0 Å². The summed E-state index contributed by atoms with van der Waals surface area (Å²) in [5.41, 5.74) is 1.40. The largest absolute Gasteiger partial charge is 0.310 e. The molecule has 1 nitrogen and oxygen atoms in total. The molecule has 1 fully saturated rings. The molecule has 1 aromatic carbocycles. The van der Waals surface area contributed by atoms with Gasteiger partial charge in [-0.2, -0.15) is 0 Å². The summed E-state index contributed by atoms with van der Waals surface area (Å²) in [5.74, 6) is 1.19. The molecule has 17 heavy (non-hydrogen) atoms. The van der Waals surface area contributed by atoms with Gasteiger partial charge in [-0.25, -0.2) is 0 Å². The van der Waals surface area contributed by atoms with Crippen LogP contribution in [0.1, 0.15) is 31.2 Å². The minimum absolute atomic E-state index is 0.794. The van der Waals surface area contributed by atoms with E-state index in [4.69, 9.17) is 0 Å². The lowest BCUT2D eigenvalue weighted by Crippen LogP contribution is -2.14.